The van der Waals surface area contributed by atoms with Crippen LogP contribution in [0.25, 0.3) is 0 Å². The van der Waals surface area contributed by atoms with Crippen LogP contribution in [0.15, 0.2) is 59.1 Å². The van der Waals surface area contributed by atoms with E-state index in [1.807, 2.05) is 56.3 Å². The average molecular weight is 389 g/mol. The van der Waals surface area contributed by atoms with E-state index < -0.39 is 6.04 Å². The zero-order valence-corrected chi connectivity index (χ0v) is 16.5. The van der Waals surface area contributed by atoms with E-state index in [1.54, 1.807) is 17.0 Å². The maximum atomic E-state index is 13.2. The fraction of sp³-hybridized carbons (Fsp3) is 0.261. The highest BCUT2D eigenvalue weighted by molar-refractivity contribution is 6.11. The van der Waals surface area contributed by atoms with Gasteiger partial charge in [-0.2, -0.15) is 0 Å². The lowest BCUT2D eigenvalue weighted by Gasteiger charge is -2.25. The van der Waals surface area contributed by atoms with Crippen LogP contribution in [0, 0.1) is 13.8 Å². The lowest BCUT2D eigenvalue weighted by atomic mass is 10.1. The second kappa shape index (κ2) is 7.91. The minimum atomic E-state index is -0.565. The van der Waals surface area contributed by atoms with Gasteiger partial charge >= 0.3 is 0 Å². The molecule has 0 unspecified atom stereocenters. The summed E-state index contributed by atoms with van der Waals surface area (Å²) in [5, 5.41) is 6.93. The van der Waals surface area contributed by atoms with Gasteiger partial charge in [-0.3, -0.25) is 14.5 Å². The van der Waals surface area contributed by atoms with Crippen molar-refractivity contribution in [1.82, 2.24) is 10.5 Å². The molecule has 0 radical (unpaired) electrons. The van der Waals surface area contributed by atoms with E-state index in [1.165, 1.54) is 0 Å². The molecule has 1 atom stereocenters. The SMILES string of the molecule is Cc1noc(C)c1CCNC(=O)[C@@H]1Cc2ccccc2N1C(=O)c1ccccc1. The Kier molecular flexibility index (Phi) is 5.16. The van der Waals surface area contributed by atoms with Crippen molar-refractivity contribution in [3.05, 3.63) is 82.7 Å². The minimum Gasteiger partial charge on any atom is -0.361 e. The van der Waals surface area contributed by atoms with Crippen LogP contribution in [0.5, 0.6) is 0 Å². The third-order valence-corrected chi connectivity index (χ3v) is 5.37. The molecule has 148 valence electrons. The Morgan fingerprint density at radius 3 is 2.55 bits per heavy atom. The molecule has 2 heterocycles. The first-order valence-electron chi connectivity index (χ1n) is 9.72. The number of benzene rings is 2. The topological polar surface area (TPSA) is 75.4 Å². The molecule has 2 aromatic carbocycles. The van der Waals surface area contributed by atoms with Crippen molar-refractivity contribution in [1.29, 1.82) is 0 Å². The van der Waals surface area contributed by atoms with E-state index >= 15 is 0 Å². The van der Waals surface area contributed by atoms with Crippen molar-refractivity contribution in [3.8, 4) is 0 Å². The fourth-order valence-corrected chi connectivity index (χ4v) is 3.85. The fourth-order valence-electron chi connectivity index (χ4n) is 3.85. The van der Waals surface area contributed by atoms with E-state index in [2.05, 4.69) is 10.5 Å². The zero-order chi connectivity index (χ0) is 20.4. The van der Waals surface area contributed by atoms with Crippen LogP contribution >= 0.6 is 0 Å². The molecule has 1 aromatic heterocycles. The maximum Gasteiger partial charge on any atom is 0.259 e. The van der Waals surface area contributed by atoms with Crippen LogP contribution in [-0.2, 0) is 17.6 Å². The number of nitrogens with one attached hydrogen (secondary N) is 1. The first-order valence-corrected chi connectivity index (χ1v) is 9.72. The second-order valence-electron chi connectivity index (χ2n) is 7.23. The molecule has 1 aliphatic rings. The van der Waals surface area contributed by atoms with Crippen LogP contribution in [0.2, 0.25) is 0 Å². The van der Waals surface area contributed by atoms with Crippen LogP contribution in [-0.4, -0.2) is 29.6 Å². The first kappa shape index (κ1) is 18.9. The van der Waals surface area contributed by atoms with Gasteiger partial charge in [-0.05, 0) is 44.0 Å². The minimum absolute atomic E-state index is 0.155. The number of carbonyl (C=O) groups is 2. The largest absolute Gasteiger partial charge is 0.361 e. The van der Waals surface area contributed by atoms with Crippen LogP contribution in [0.3, 0.4) is 0 Å². The molecule has 6 nitrogen and oxygen atoms in total. The number of amides is 2. The summed E-state index contributed by atoms with van der Waals surface area (Å²) in [6.07, 6.45) is 1.14. The Bertz CT molecular complexity index is 1020. The lowest BCUT2D eigenvalue weighted by molar-refractivity contribution is -0.122. The average Bonchev–Trinajstić information content (AvgIpc) is 3.29. The standard InChI is InChI=1S/C23H23N3O3/c1-15-19(16(2)29-25-15)12-13-24-22(27)21-14-18-10-6-7-11-20(18)26(21)23(28)17-8-4-3-5-9-17/h3-11,21H,12-14H2,1-2H3,(H,24,27)/t21-/m0/s1. The summed E-state index contributed by atoms with van der Waals surface area (Å²) in [5.41, 5.74) is 4.22. The maximum absolute atomic E-state index is 13.2. The Balaban J connectivity index is 1.52. The third kappa shape index (κ3) is 3.66. The van der Waals surface area contributed by atoms with Gasteiger partial charge < -0.3 is 9.84 Å². The number of anilines is 1. The highest BCUT2D eigenvalue weighted by Crippen LogP contribution is 2.33. The van der Waals surface area contributed by atoms with Gasteiger partial charge in [0.2, 0.25) is 5.91 Å². The summed E-state index contributed by atoms with van der Waals surface area (Å²) in [7, 11) is 0. The predicted octanol–water partition coefficient (Wildman–Crippen LogP) is 3.22. The van der Waals surface area contributed by atoms with E-state index in [0.717, 1.165) is 28.3 Å². The van der Waals surface area contributed by atoms with Crippen molar-refractivity contribution >= 4 is 17.5 Å². The zero-order valence-electron chi connectivity index (χ0n) is 16.5. The normalized spacial score (nSPS) is 15.2. The van der Waals surface area contributed by atoms with Gasteiger partial charge in [0.15, 0.2) is 0 Å². The van der Waals surface area contributed by atoms with Gasteiger partial charge in [0.1, 0.15) is 11.8 Å². The Labute approximate surface area is 169 Å². The monoisotopic (exact) mass is 389 g/mol. The molecule has 29 heavy (non-hydrogen) atoms. The molecular weight excluding hydrogens is 366 g/mol. The molecule has 1 N–H and O–H groups in total. The third-order valence-electron chi connectivity index (χ3n) is 5.37. The van der Waals surface area contributed by atoms with Gasteiger partial charge in [0.05, 0.1) is 5.69 Å². The van der Waals surface area contributed by atoms with E-state index in [9.17, 15) is 9.59 Å². The molecule has 4 rings (SSSR count). The number of fused-ring (bicyclic) bond motifs is 1. The van der Waals surface area contributed by atoms with E-state index in [4.69, 9.17) is 4.52 Å². The van der Waals surface area contributed by atoms with Gasteiger partial charge in [-0.15, -0.1) is 0 Å². The van der Waals surface area contributed by atoms with Crippen LogP contribution < -0.4 is 10.2 Å². The van der Waals surface area contributed by atoms with Crippen LogP contribution in [0.1, 0.15) is 32.9 Å². The number of aromatic nitrogens is 1. The van der Waals surface area contributed by atoms with Crippen molar-refractivity contribution in [2.75, 3.05) is 11.4 Å². The van der Waals surface area contributed by atoms with Crippen molar-refractivity contribution in [3.63, 3.8) is 0 Å². The van der Waals surface area contributed by atoms with Gasteiger partial charge in [0, 0.05) is 29.8 Å². The molecule has 0 bridgehead atoms. The van der Waals surface area contributed by atoms with E-state index in [-0.39, 0.29) is 11.8 Å². The molecule has 0 saturated carbocycles. The molecule has 0 fully saturated rings. The van der Waals surface area contributed by atoms with Crippen LogP contribution in [0.4, 0.5) is 5.69 Å². The summed E-state index contributed by atoms with van der Waals surface area (Å²) in [4.78, 5) is 27.8. The number of hydrogen-bond acceptors (Lipinski definition) is 4. The quantitative estimate of drug-likeness (QED) is 0.727. The number of aryl methyl sites for hydroxylation is 2. The number of rotatable bonds is 5. The highest BCUT2D eigenvalue weighted by Gasteiger charge is 2.38. The Morgan fingerprint density at radius 2 is 1.83 bits per heavy atom. The number of nitrogens with zero attached hydrogens (tertiary/aromatic N) is 2. The molecule has 2 amide bonds. The second-order valence-corrected chi connectivity index (χ2v) is 7.23. The number of carbonyl (C=O) groups excluding carboxylic acids is 2. The lowest BCUT2D eigenvalue weighted by Crippen LogP contribution is -2.48. The molecule has 0 spiro atoms. The first-order chi connectivity index (χ1) is 14.1. The number of hydrogen-bond donors (Lipinski definition) is 1. The number of para-hydroxylation sites is 1. The van der Waals surface area contributed by atoms with Gasteiger partial charge in [-0.25, -0.2) is 0 Å². The highest BCUT2D eigenvalue weighted by atomic mass is 16.5. The summed E-state index contributed by atoms with van der Waals surface area (Å²) in [6, 6.07) is 16.2. The summed E-state index contributed by atoms with van der Waals surface area (Å²) in [6.45, 7) is 4.22. The molecule has 3 aromatic rings. The van der Waals surface area contributed by atoms with Crippen molar-refractivity contribution < 1.29 is 14.1 Å². The van der Waals surface area contributed by atoms with Crippen molar-refractivity contribution in [2.45, 2.75) is 32.7 Å². The van der Waals surface area contributed by atoms with Gasteiger partial charge in [-0.1, -0.05) is 41.6 Å². The molecule has 0 aliphatic carbocycles. The predicted molar refractivity (Wildman–Crippen MR) is 110 cm³/mol. The van der Waals surface area contributed by atoms with Gasteiger partial charge in [0.25, 0.3) is 5.91 Å². The van der Waals surface area contributed by atoms with Crippen molar-refractivity contribution in [2.24, 2.45) is 0 Å². The summed E-state index contributed by atoms with van der Waals surface area (Å²) < 4.78 is 5.18. The summed E-state index contributed by atoms with van der Waals surface area (Å²) in [5.74, 6) is 0.449. The molecule has 1 aliphatic heterocycles. The molecule has 0 saturated heterocycles. The summed E-state index contributed by atoms with van der Waals surface area (Å²) >= 11 is 0. The Morgan fingerprint density at radius 1 is 1.10 bits per heavy atom. The smallest absolute Gasteiger partial charge is 0.259 e. The molecule has 6 heteroatoms. The molecular formula is C23H23N3O3. The Hall–Kier alpha value is -3.41. The van der Waals surface area contributed by atoms with E-state index in [0.29, 0.717) is 24.9 Å².